The number of carbonyl (C=O) groups excluding carboxylic acids is 1. The van der Waals surface area contributed by atoms with Crippen LogP contribution in [0.2, 0.25) is 0 Å². The highest BCUT2D eigenvalue weighted by molar-refractivity contribution is 6.02. The van der Waals surface area contributed by atoms with Gasteiger partial charge in [0.1, 0.15) is 17.1 Å². The maximum absolute atomic E-state index is 14.0. The fourth-order valence-electron chi connectivity index (χ4n) is 2.83. The maximum atomic E-state index is 14.0. The van der Waals surface area contributed by atoms with E-state index < -0.39 is 5.82 Å². The molecule has 0 saturated carbocycles. The van der Waals surface area contributed by atoms with Gasteiger partial charge in [-0.25, -0.2) is 9.37 Å². The Morgan fingerprint density at radius 3 is 2.66 bits per heavy atom. The summed E-state index contributed by atoms with van der Waals surface area (Å²) in [7, 11) is 1.60. The van der Waals surface area contributed by atoms with Crippen LogP contribution in [0.3, 0.4) is 0 Å². The van der Waals surface area contributed by atoms with E-state index >= 15 is 0 Å². The second kappa shape index (κ2) is 7.98. The molecule has 1 aromatic heterocycles. The van der Waals surface area contributed by atoms with Gasteiger partial charge in [0.25, 0.3) is 0 Å². The first-order chi connectivity index (χ1) is 14.1. The number of carbonyl (C=O) groups is 1. The van der Waals surface area contributed by atoms with Crippen molar-refractivity contribution in [2.24, 2.45) is 0 Å². The second-order valence-electron chi connectivity index (χ2n) is 6.28. The molecule has 1 heterocycles. The molecule has 0 fully saturated rings. The van der Waals surface area contributed by atoms with Crippen molar-refractivity contribution in [2.75, 3.05) is 12.4 Å². The Labute approximate surface area is 166 Å². The highest BCUT2D eigenvalue weighted by atomic mass is 19.1. The standard InChI is InChI=1S/C23H17FN2O3/c1-28-17-10-6-15(7-11-17)8-13-22(27)25-16-9-12-21-20(14-16)26-23(29-21)18-4-2-3-5-19(18)24/h2-14H,1H3,(H,25,27)/b13-8+. The molecule has 0 aliphatic heterocycles. The number of anilines is 1. The third kappa shape index (κ3) is 4.16. The molecule has 0 aliphatic carbocycles. The van der Waals surface area contributed by atoms with Gasteiger partial charge >= 0.3 is 0 Å². The number of halogens is 1. The van der Waals surface area contributed by atoms with Crippen molar-refractivity contribution in [1.82, 2.24) is 4.98 Å². The third-order valence-corrected chi connectivity index (χ3v) is 4.30. The minimum atomic E-state index is -0.406. The molecule has 1 amide bonds. The summed E-state index contributed by atoms with van der Waals surface area (Å²) in [6.45, 7) is 0. The predicted molar refractivity (Wildman–Crippen MR) is 110 cm³/mol. The number of amides is 1. The minimum absolute atomic E-state index is 0.195. The van der Waals surface area contributed by atoms with Crippen molar-refractivity contribution in [3.8, 4) is 17.2 Å². The zero-order valence-electron chi connectivity index (χ0n) is 15.6. The van der Waals surface area contributed by atoms with E-state index in [-0.39, 0.29) is 17.4 Å². The molecule has 29 heavy (non-hydrogen) atoms. The molecular formula is C23H17FN2O3. The van der Waals surface area contributed by atoms with Gasteiger partial charge in [-0.1, -0.05) is 24.3 Å². The van der Waals surface area contributed by atoms with E-state index in [1.807, 2.05) is 24.3 Å². The molecule has 0 bridgehead atoms. The van der Waals surface area contributed by atoms with E-state index in [9.17, 15) is 9.18 Å². The van der Waals surface area contributed by atoms with Crippen molar-refractivity contribution in [3.63, 3.8) is 0 Å². The zero-order chi connectivity index (χ0) is 20.2. The molecule has 0 saturated heterocycles. The highest BCUT2D eigenvalue weighted by Crippen LogP contribution is 2.27. The van der Waals surface area contributed by atoms with Crippen molar-refractivity contribution in [1.29, 1.82) is 0 Å². The van der Waals surface area contributed by atoms with Gasteiger partial charge in [-0.3, -0.25) is 4.79 Å². The van der Waals surface area contributed by atoms with Crippen LogP contribution in [0.15, 0.2) is 77.2 Å². The first-order valence-electron chi connectivity index (χ1n) is 8.91. The van der Waals surface area contributed by atoms with Gasteiger partial charge < -0.3 is 14.5 Å². The molecule has 4 rings (SSSR count). The quantitative estimate of drug-likeness (QED) is 0.472. The number of hydrogen-bond acceptors (Lipinski definition) is 4. The maximum Gasteiger partial charge on any atom is 0.248 e. The summed E-state index contributed by atoms with van der Waals surface area (Å²) in [6.07, 6.45) is 3.15. The summed E-state index contributed by atoms with van der Waals surface area (Å²) in [5.41, 5.74) is 2.77. The second-order valence-corrected chi connectivity index (χ2v) is 6.28. The average Bonchev–Trinajstić information content (AvgIpc) is 3.16. The normalized spacial score (nSPS) is 11.1. The van der Waals surface area contributed by atoms with E-state index in [4.69, 9.17) is 9.15 Å². The number of rotatable bonds is 5. The van der Waals surface area contributed by atoms with Crippen molar-refractivity contribution < 1.29 is 18.3 Å². The number of oxazole rings is 1. The van der Waals surface area contributed by atoms with Gasteiger partial charge in [-0.15, -0.1) is 0 Å². The monoisotopic (exact) mass is 388 g/mol. The van der Waals surface area contributed by atoms with E-state index in [1.54, 1.807) is 49.6 Å². The Bertz CT molecular complexity index is 1200. The lowest BCUT2D eigenvalue weighted by Gasteiger charge is -2.02. The van der Waals surface area contributed by atoms with Gasteiger partial charge in [0.05, 0.1) is 12.7 Å². The Hall–Kier alpha value is -3.93. The summed E-state index contributed by atoms with van der Waals surface area (Å²) in [5, 5.41) is 2.78. The number of methoxy groups -OCH3 is 1. The molecule has 144 valence electrons. The molecule has 6 heteroatoms. The van der Waals surface area contributed by atoms with Gasteiger partial charge in [0.15, 0.2) is 5.58 Å². The average molecular weight is 388 g/mol. The first-order valence-corrected chi connectivity index (χ1v) is 8.91. The Balaban J connectivity index is 1.49. The van der Waals surface area contributed by atoms with Crippen molar-refractivity contribution >= 4 is 28.8 Å². The molecule has 0 spiro atoms. The SMILES string of the molecule is COc1ccc(/C=C/C(=O)Nc2ccc3oc(-c4ccccc4F)nc3c2)cc1. The molecule has 5 nitrogen and oxygen atoms in total. The number of hydrogen-bond donors (Lipinski definition) is 1. The number of aromatic nitrogens is 1. The highest BCUT2D eigenvalue weighted by Gasteiger charge is 2.12. The number of nitrogens with zero attached hydrogens (tertiary/aromatic N) is 1. The van der Waals surface area contributed by atoms with Crippen LogP contribution >= 0.6 is 0 Å². The van der Waals surface area contributed by atoms with Crippen LogP contribution in [0.5, 0.6) is 5.75 Å². The Kier molecular flexibility index (Phi) is 5.07. The zero-order valence-corrected chi connectivity index (χ0v) is 15.6. The van der Waals surface area contributed by atoms with E-state index in [0.717, 1.165) is 11.3 Å². The summed E-state index contributed by atoms with van der Waals surface area (Å²) < 4.78 is 24.7. The fraction of sp³-hybridized carbons (Fsp3) is 0.0435. The van der Waals surface area contributed by atoms with Crippen LogP contribution in [-0.4, -0.2) is 18.0 Å². The predicted octanol–water partition coefficient (Wildman–Crippen LogP) is 5.29. The van der Waals surface area contributed by atoms with E-state index in [1.165, 1.54) is 12.1 Å². The molecule has 0 unspecified atom stereocenters. The van der Waals surface area contributed by atoms with Crippen LogP contribution in [-0.2, 0) is 4.79 Å². The van der Waals surface area contributed by atoms with Crippen LogP contribution < -0.4 is 10.1 Å². The Morgan fingerprint density at radius 2 is 1.90 bits per heavy atom. The number of fused-ring (bicyclic) bond motifs is 1. The van der Waals surface area contributed by atoms with Gasteiger partial charge in [-0.2, -0.15) is 0 Å². The molecule has 0 aliphatic rings. The van der Waals surface area contributed by atoms with Crippen LogP contribution in [0.4, 0.5) is 10.1 Å². The largest absolute Gasteiger partial charge is 0.497 e. The molecular weight excluding hydrogens is 371 g/mol. The Morgan fingerprint density at radius 1 is 1.10 bits per heavy atom. The summed E-state index contributed by atoms with van der Waals surface area (Å²) >= 11 is 0. The van der Waals surface area contributed by atoms with E-state index in [0.29, 0.717) is 16.8 Å². The van der Waals surface area contributed by atoms with E-state index in [2.05, 4.69) is 10.3 Å². The summed E-state index contributed by atoms with van der Waals surface area (Å²) in [4.78, 5) is 16.5. The van der Waals surface area contributed by atoms with Crippen LogP contribution in [0.25, 0.3) is 28.6 Å². The molecule has 4 aromatic rings. The summed E-state index contributed by atoms with van der Waals surface area (Å²) in [6, 6.07) is 18.7. The summed E-state index contributed by atoms with van der Waals surface area (Å²) in [5.74, 6) is 0.262. The van der Waals surface area contributed by atoms with Gasteiger partial charge in [-0.05, 0) is 54.1 Å². The molecule has 3 aromatic carbocycles. The number of ether oxygens (including phenoxy) is 1. The lowest BCUT2D eigenvalue weighted by Crippen LogP contribution is -2.07. The molecule has 1 N–H and O–H groups in total. The lowest BCUT2D eigenvalue weighted by atomic mass is 10.2. The number of benzene rings is 3. The lowest BCUT2D eigenvalue weighted by molar-refractivity contribution is -0.111. The molecule has 0 atom stereocenters. The van der Waals surface area contributed by atoms with Gasteiger partial charge in [0, 0.05) is 11.8 Å². The fourth-order valence-corrected chi connectivity index (χ4v) is 2.83. The smallest absolute Gasteiger partial charge is 0.248 e. The molecule has 0 radical (unpaired) electrons. The first kappa shape index (κ1) is 18.4. The third-order valence-electron chi connectivity index (χ3n) is 4.30. The topological polar surface area (TPSA) is 64.4 Å². The minimum Gasteiger partial charge on any atom is -0.497 e. The van der Waals surface area contributed by atoms with Gasteiger partial charge in [0.2, 0.25) is 11.8 Å². The van der Waals surface area contributed by atoms with Crippen molar-refractivity contribution in [2.45, 2.75) is 0 Å². The van der Waals surface area contributed by atoms with Crippen LogP contribution in [0.1, 0.15) is 5.56 Å². The van der Waals surface area contributed by atoms with Crippen LogP contribution in [0, 0.1) is 5.82 Å². The van der Waals surface area contributed by atoms with Crippen molar-refractivity contribution in [3.05, 3.63) is 84.2 Å². The number of nitrogens with one attached hydrogen (secondary N) is 1.